The predicted octanol–water partition coefficient (Wildman–Crippen LogP) is 0.840. The molecule has 6 heteroatoms. The lowest BCUT2D eigenvalue weighted by Gasteiger charge is -2.75. The second-order valence-electron chi connectivity index (χ2n) is 6.68. The zero-order valence-electron chi connectivity index (χ0n) is 11.9. The number of sulfonamides is 1. The van der Waals surface area contributed by atoms with Gasteiger partial charge in [-0.3, -0.25) is 4.90 Å². The van der Waals surface area contributed by atoms with Gasteiger partial charge in [-0.2, -0.15) is 0 Å². The molecule has 2 bridgehead atoms. The van der Waals surface area contributed by atoms with Crippen molar-refractivity contribution in [3.8, 4) is 0 Å². The average Bonchev–Trinajstić information content (AvgIpc) is 2.36. The molecule has 5 rings (SSSR count). The Balaban J connectivity index is 1.59. The highest BCUT2D eigenvalue weighted by Crippen LogP contribution is 2.70. The van der Waals surface area contributed by atoms with Crippen molar-refractivity contribution in [3.05, 3.63) is 29.8 Å². The molecule has 0 atom stereocenters. The molecule has 0 amide bonds. The molecule has 3 saturated carbocycles. The molecule has 4 fully saturated rings. The van der Waals surface area contributed by atoms with Crippen LogP contribution in [0.4, 0.5) is 0 Å². The average molecular weight is 308 g/mol. The topological polar surface area (TPSA) is 72.6 Å². The number of primary sulfonamides is 1. The first-order valence-corrected chi connectivity index (χ1v) is 8.95. The van der Waals surface area contributed by atoms with E-state index in [0.29, 0.717) is 4.90 Å². The maximum atomic E-state index is 11.8. The summed E-state index contributed by atoms with van der Waals surface area (Å²) < 4.78 is 29.0. The molecule has 1 aliphatic heterocycles. The highest BCUT2D eigenvalue weighted by atomic mass is 32.2. The van der Waals surface area contributed by atoms with Crippen molar-refractivity contribution < 1.29 is 13.2 Å². The molecule has 1 heterocycles. The van der Waals surface area contributed by atoms with Crippen molar-refractivity contribution in [2.45, 2.75) is 35.1 Å². The first-order valence-electron chi connectivity index (χ1n) is 7.41. The molecule has 0 unspecified atom stereocenters. The van der Waals surface area contributed by atoms with E-state index >= 15 is 0 Å². The Hall–Kier alpha value is -0.950. The number of hydrogen-bond donors (Lipinski definition) is 1. The Bertz CT molecular complexity index is 660. The second-order valence-corrected chi connectivity index (χ2v) is 8.21. The van der Waals surface area contributed by atoms with Gasteiger partial charge in [-0.25, -0.2) is 13.6 Å². The van der Waals surface area contributed by atoms with E-state index in [9.17, 15) is 8.42 Å². The molecule has 0 spiro atoms. The first kappa shape index (κ1) is 13.7. The summed E-state index contributed by atoms with van der Waals surface area (Å²) in [5, 5.41) is 5.37. The highest BCUT2D eigenvalue weighted by molar-refractivity contribution is 7.89. The van der Waals surface area contributed by atoms with Gasteiger partial charge in [0.25, 0.3) is 0 Å². The Morgan fingerprint density at radius 3 is 2.33 bits per heavy atom. The van der Waals surface area contributed by atoms with Crippen LogP contribution in [-0.4, -0.2) is 45.2 Å². The fraction of sp³-hybridized carbons (Fsp3) is 0.600. The number of rotatable bonds is 3. The zero-order valence-corrected chi connectivity index (χ0v) is 12.7. The van der Waals surface area contributed by atoms with E-state index in [0.717, 1.165) is 51.1 Å². The molecule has 2 N–H and O–H groups in total. The van der Waals surface area contributed by atoms with Crippen LogP contribution in [-0.2, 0) is 20.2 Å². The molecule has 3 aliphatic carbocycles. The van der Waals surface area contributed by atoms with Gasteiger partial charge < -0.3 is 4.74 Å². The number of morpholine rings is 1. The summed E-state index contributed by atoms with van der Waals surface area (Å²) in [5.41, 5.74) is 1.24. The van der Waals surface area contributed by atoms with Crippen molar-refractivity contribution in [1.29, 1.82) is 0 Å². The quantitative estimate of drug-likeness (QED) is 0.898. The minimum Gasteiger partial charge on any atom is -0.379 e. The van der Waals surface area contributed by atoms with Crippen LogP contribution in [0.5, 0.6) is 0 Å². The van der Waals surface area contributed by atoms with Crippen LogP contribution in [0.15, 0.2) is 29.2 Å². The molecule has 0 aromatic heterocycles. The van der Waals surface area contributed by atoms with Gasteiger partial charge in [0.15, 0.2) is 0 Å². The highest BCUT2D eigenvalue weighted by Gasteiger charge is 2.71. The minimum absolute atomic E-state index is 0.0291. The third-order valence-electron chi connectivity index (χ3n) is 5.45. The Morgan fingerprint density at radius 2 is 1.71 bits per heavy atom. The lowest BCUT2D eigenvalue weighted by molar-refractivity contribution is -0.189. The van der Waals surface area contributed by atoms with Gasteiger partial charge in [-0.05, 0) is 30.9 Å². The minimum atomic E-state index is -3.65. The van der Waals surface area contributed by atoms with Crippen LogP contribution >= 0.6 is 0 Å². The fourth-order valence-electron chi connectivity index (χ4n) is 4.55. The van der Waals surface area contributed by atoms with Crippen molar-refractivity contribution in [2.75, 3.05) is 26.3 Å². The summed E-state index contributed by atoms with van der Waals surface area (Å²) in [4.78, 5) is 2.83. The SMILES string of the molecule is NS(=O)(=O)c1ccccc1C12CC(N3CCOCC3)(C1)C2. The van der Waals surface area contributed by atoms with Crippen molar-refractivity contribution in [3.63, 3.8) is 0 Å². The Kier molecular flexibility index (Phi) is 2.80. The van der Waals surface area contributed by atoms with Crippen LogP contribution in [0.3, 0.4) is 0 Å². The lowest BCUT2D eigenvalue weighted by atomic mass is 9.37. The molecule has 1 aromatic rings. The van der Waals surface area contributed by atoms with Gasteiger partial charge in [-0.1, -0.05) is 18.2 Å². The maximum Gasteiger partial charge on any atom is 0.238 e. The molecule has 0 radical (unpaired) electrons. The van der Waals surface area contributed by atoms with Crippen LogP contribution in [0.25, 0.3) is 0 Å². The van der Waals surface area contributed by atoms with Gasteiger partial charge in [0.05, 0.1) is 18.1 Å². The second kappa shape index (κ2) is 4.29. The zero-order chi connectivity index (χ0) is 14.7. The summed E-state index contributed by atoms with van der Waals surface area (Å²) >= 11 is 0. The largest absolute Gasteiger partial charge is 0.379 e. The third-order valence-corrected chi connectivity index (χ3v) is 6.42. The molecule has 114 valence electrons. The first-order chi connectivity index (χ1) is 9.95. The van der Waals surface area contributed by atoms with Crippen LogP contribution in [0.1, 0.15) is 24.8 Å². The normalized spacial score (nSPS) is 35.9. The summed E-state index contributed by atoms with van der Waals surface area (Å²) in [6.45, 7) is 3.60. The molecule has 1 aromatic carbocycles. The van der Waals surface area contributed by atoms with Gasteiger partial charge in [0, 0.05) is 24.0 Å². The van der Waals surface area contributed by atoms with E-state index in [4.69, 9.17) is 9.88 Å². The van der Waals surface area contributed by atoms with Crippen molar-refractivity contribution >= 4 is 10.0 Å². The summed E-state index contributed by atoms with van der Waals surface area (Å²) in [6.07, 6.45) is 3.14. The molecular weight excluding hydrogens is 288 g/mol. The van der Waals surface area contributed by atoms with E-state index in [2.05, 4.69) is 4.90 Å². The van der Waals surface area contributed by atoms with E-state index in [1.807, 2.05) is 12.1 Å². The molecule has 1 saturated heterocycles. The Labute approximate surface area is 125 Å². The van der Waals surface area contributed by atoms with Crippen molar-refractivity contribution in [2.24, 2.45) is 5.14 Å². The third kappa shape index (κ3) is 1.90. The van der Waals surface area contributed by atoms with Gasteiger partial charge in [0.1, 0.15) is 0 Å². The van der Waals surface area contributed by atoms with E-state index < -0.39 is 10.0 Å². The molecular formula is C15H20N2O3S. The van der Waals surface area contributed by atoms with E-state index in [-0.39, 0.29) is 11.0 Å². The van der Waals surface area contributed by atoms with Crippen LogP contribution in [0.2, 0.25) is 0 Å². The fourth-order valence-corrected chi connectivity index (χ4v) is 5.41. The monoisotopic (exact) mass is 308 g/mol. The van der Waals surface area contributed by atoms with Gasteiger partial charge in [-0.15, -0.1) is 0 Å². The summed E-state index contributed by atoms with van der Waals surface area (Å²) in [7, 11) is -3.65. The summed E-state index contributed by atoms with van der Waals surface area (Å²) in [6, 6.07) is 7.22. The van der Waals surface area contributed by atoms with Gasteiger partial charge in [0.2, 0.25) is 10.0 Å². The molecule has 5 nitrogen and oxygen atoms in total. The number of nitrogens with zero attached hydrogens (tertiary/aromatic N) is 1. The Morgan fingerprint density at radius 1 is 1.10 bits per heavy atom. The molecule has 21 heavy (non-hydrogen) atoms. The molecule has 4 aliphatic rings. The standard InChI is InChI=1S/C15H20N2O3S/c16-21(18,19)13-4-2-1-3-12(13)14-9-15(10-14,11-14)17-5-7-20-8-6-17/h1-4H,5-11H2,(H2,16,18,19). The van der Waals surface area contributed by atoms with E-state index in [1.54, 1.807) is 12.1 Å². The maximum absolute atomic E-state index is 11.8. The predicted molar refractivity (Wildman–Crippen MR) is 78.5 cm³/mol. The number of ether oxygens (including phenoxy) is 1. The number of hydrogen-bond acceptors (Lipinski definition) is 4. The lowest BCUT2D eigenvalue weighted by Crippen LogP contribution is -2.77. The van der Waals surface area contributed by atoms with E-state index in [1.165, 1.54) is 0 Å². The van der Waals surface area contributed by atoms with Crippen LogP contribution < -0.4 is 5.14 Å². The number of benzene rings is 1. The summed E-state index contributed by atoms with van der Waals surface area (Å²) in [5.74, 6) is 0. The van der Waals surface area contributed by atoms with Crippen molar-refractivity contribution in [1.82, 2.24) is 4.90 Å². The number of nitrogens with two attached hydrogens (primary N) is 1. The van der Waals surface area contributed by atoms with Gasteiger partial charge >= 0.3 is 0 Å². The smallest absolute Gasteiger partial charge is 0.238 e. The van der Waals surface area contributed by atoms with Crippen LogP contribution in [0, 0.1) is 0 Å².